The normalized spacial score (nSPS) is 13.2. The molecule has 1 N–H and O–H groups in total. The SMILES string of the molecule is CC[C@H](C)NC(=O)[C@@H](C)N(Cc1ccc(C)cc1)C(=O)CN(c1ccc(Cl)c(C(F)(F)F)c1)S(=O)(=O)c1ccccc1. The molecule has 0 heterocycles. The molecule has 3 aromatic rings. The molecular weight excluding hydrogens is 591 g/mol. The van der Waals surface area contributed by atoms with Crippen molar-refractivity contribution in [2.45, 2.75) is 63.8 Å². The minimum absolute atomic E-state index is 0.0398. The molecular formula is C30H33ClF3N3O4S. The average molecular weight is 624 g/mol. The first-order valence-electron chi connectivity index (χ1n) is 13.2. The summed E-state index contributed by atoms with van der Waals surface area (Å²) < 4.78 is 69.4. The summed E-state index contributed by atoms with van der Waals surface area (Å²) in [6.45, 7) is 6.19. The Labute approximate surface area is 249 Å². The van der Waals surface area contributed by atoms with Gasteiger partial charge in [0.1, 0.15) is 12.6 Å². The number of nitrogens with zero attached hydrogens (tertiary/aromatic N) is 2. The number of aryl methyl sites for hydroxylation is 1. The lowest BCUT2D eigenvalue weighted by Crippen LogP contribution is -2.52. The van der Waals surface area contributed by atoms with Gasteiger partial charge >= 0.3 is 6.18 Å². The summed E-state index contributed by atoms with van der Waals surface area (Å²) in [4.78, 5) is 28.0. The molecule has 0 aromatic heterocycles. The summed E-state index contributed by atoms with van der Waals surface area (Å²) >= 11 is 5.80. The number of carbonyl (C=O) groups excluding carboxylic acids is 2. The lowest BCUT2D eigenvalue weighted by molar-refractivity contribution is -0.139. The van der Waals surface area contributed by atoms with Crippen LogP contribution in [-0.4, -0.2) is 43.8 Å². The number of sulfonamides is 1. The Morgan fingerprint density at radius 1 is 0.976 bits per heavy atom. The number of amides is 2. The van der Waals surface area contributed by atoms with Crippen molar-refractivity contribution in [1.82, 2.24) is 10.2 Å². The second-order valence-corrected chi connectivity index (χ2v) is 12.3. The molecule has 0 radical (unpaired) electrons. The first-order valence-corrected chi connectivity index (χ1v) is 15.1. The van der Waals surface area contributed by atoms with Crippen LogP contribution in [0.1, 0.15) is 43.9 Å². The van der Waals surface area contributed by atoms with E-state index in [0.29, 0.717) is 22.4 Å². The molecule has 3 rings (SSSR count). The smallest absolute Gasteiger partial charge is 0.352 e. The van der Waals surface area contributed by atoms with Crippen molar-refractivity contribution in [3.63, 3.8) is 0 Å². The number of carbonyl (C=O) groups is 2. The molecule has 7 nitrogen and oxygen atoms in total. The lowest BCUT2D eigenvalue weighted by Gasteiger charge is -2.32. The fraction of sp³-hybridized carbons (Fsp3) is 0.333. The van der Waals surface area contributed by atoms with Gasteiger partial charge in [-0.2, -0.15) is 13.2 Å². The molecule has 42 heavy (non-hydrogen) atoms. The van der Waals surface area contributed by atoms with Crippen molar-refractivity contribution in [3.8, 4) is 0 Å². The molecule has 226 valence electrons. The van der Waals surface area contributed by atoms with E-state index >= 15 is 0 Å². The molecule has 3 aromatic carbocycles. The highest BCUT2D eigenvalue weighted by molar-refractivity contribution is 7.92. The molecule has 0 saturated carbocycles. The van der Waals surface area contributed by atoms with Gasteiger partial charge in [0, 0.05) is 12.6 Å². The van der Waals surface area contributed by atoms with E-state index < -0.39 is 56.9 Å². The van der Waals surface area contributed by atoms with Gasteiger partial charge in [-0.3, -0.25) is 13.9 Å². The Balaban J connectivity index is 2.10. The predicted molar refractivity (Wildman–Crippen MR) is 157 cm³/mol. The lowest BCUT2D eigenvalue weighted by atomic mass is 10.1. The standard InChI is InChI=1S/C30H33ClF3N3O4S/c1-5-21(3)35-29(39)22(4)36(18-23-13-11-20(2)12-14-23)28(38)19-37(42(40,41)25-9-7-6-8-10-25)24-15-16-27(31)26(17-24)30(32,33)34/h6-17,21-22H,5,18-19H2,1-4H3,(H,35,39)/t21-,22+/m0/s1. The number of benzene rings is 3. The van der Waals surface area contributed by atoms with E-state index in [9.17, 15) is 31.2 Å². The van der Waals surface area contributed by atoms with Gasteiger partial charge in [-0.1, -0.05) is 66.6 Å². The highest BCUT2D eigenvalue weighted by Crippen LogP contribution is 2.38. The van der Waals surface area contributed by atoms with E-state index in [1.165, 1.54) is 36.1 Å². The summed E-state index contributed by atoms with van der Waals surface area (Å²) in [5.41, 5.74) is -0.000839. The molecule has 0 bridgehead atoms. The van der Waals surface area contributed by atoms with E-state index in [1.54, 1.807) is 18.2 Å². The zero-order valence-electron chi connectivity index (χ0n) is 23.7. The maximum Gasteiger partial charge on any atom is 0.417 e. The molecule has 2 amide bonds. The monoisotopic (exact) mass is 623 g/mol. The molecule has 0 aliphatic rings. The molecule has 0 aliphatic carbocycles. The number of hydrogen-bond acceptors (Lipinski definition) is 4. The third kappa shape index (κ3) is 8.04. The third-order valence-electron chi connectivity index (χ3n) is 6.80. The van der Waals surface area contributed by atoms with Gasteiger partial charge in [-0.25, -0.2) is 8.42 Å². The number of rotatable bonds is 11. The average Bonchev–Trinajstić information content (AvgIpc) is 2.95. The van der Waals surface area contributed by atoms with E-state index in [1.807, 2.05) is 32.9 Å². The minimum atomic E-state index is -4.88. The van der Waals surface area contributed by atoms with Crippen molar-refractivity contribution in [2.75, 3.05) is 10.8 Å². The van der Waals surface area contributed by atoms with E-state index in [2.05, 4.69) is 5.32 Å². The van der Waals surface area contributed by atoms with E-state index in [0.717, 1.165) is 17.7 Å². The second kappa shape index (κ2) is 13.6. The highest BCUT2D eigenvalue weighted by Gasteiger charge is 2.37. The van der Waals surface area contributed by atoms with Crippen molar-refractivity contribution in [2.24, 2.45) is 0 Å². The zero-order valence-corrected chi connectivity index (χ0v) is 25.2. The molecule has 2 atom stereocenters. The number of hydrogen-bond donors (Lipinski definition) is 1. The maximum atomic E-state index is 13.9. The van der Waals surface area contributed by atoms with E-state index in [-0.39, 0.29) is 17.5 Å². The van der Waals surface area contributed by atoms with Crippen molar-refractivity contribution < 1.29 is 31.2 Å². The Morgan fingerprint density at radius 2 is 1.60 bits per heavy atom. The zero-order chi connectivity index (χ0) is 31.2. The molecule has 0 spiro atoms. The van der Waals surface area contributed by atoms with Crippen LogP contribution in [-0.2, 0) is 32.3 Å². The van der Waals surface area contributed by atoms with Crippen LogP contribution in [0.2, 0.25) is 5.02 Å². The van der Waals surface area contributed by atoms with Gasteiger partial charge in [0.05, 0.1) is 21.2 Å². The van der Waals surface area contributed by atoms with Crippen LogP contribution in [0.4, 0.5) is 18.9 Å². The molecule has 12 heteroatoms. The van der Waals surface area contributed by atoms with Gasteiger partial charge < -0.3 is 10.2 Å². The first kappa shape index (κ1) is 32.9. The van der Waals surface area contributed by atoms with Crippen LogP contribution in [0.15, 0.2) is 77.7 Å². The van der Waals surface area contributed by atoms with Crippen LogP contribution >= 0.6 is 11.6 Å². The molecule has 0 aliphatic heterocycles. The molecule has 0 fully saturated rings. The maximum absolute atomic E-state index is 13.9. The highest BCUT2D eigenvalue weighted by atomic mass is 35.5. The number of halogens is 4. The summed E-state index contributed by atoms with van der Waals surface area (Å²) in [5.74, 6) is -1.24. The van der Waals surface area contributed by atoms with Crippen molar-refractivity contribution in [1.29, 1.82) is 0 Å². The quantitative estimate of drug-likeness (QED) is 0.276. The summed E-state index contributed by atoms with van der Waals surface area (Å²) in [6.07, 6.45) is -4.23. The molecule has 0 unspecified atom stereocenters. The van der Waals surface area contributed by atoms with Crippen molar-refractivity contribution >= 4 is 39.1 Å². The van der Waals surface area contributed by atoms with Gasteiger partial charge in [0.25, 0.3) is 10.0 Å². The molecule has 0 saturated heterocycles. The number of anilines is 1. The number of nitrogens with one attached hydrogen (secondary N) is 1. The van der Waals surface area contributed by atoms with Crippen LogP contribution in [0.3, 0.4) is 0 Å². The second-order valence-electron chi connectivity index (χ2n) is 9.99. The summed E-state index contributed by atoms with van der Waals surface area (Å²) in [6, 6.07) is 15.7. The summed E-state index contributed by atoms with van der Waals surface area (Å²) in [7, 11) is -4.53. The van der Waals surface area contributed by atoms with Gasteiger partial charge in [-0.05, 0) is 63.1 Å². The largest absolute Gasteiger partial charge is 0.417 e. The van der Waals surface area contributed by atoms with Crippen LogP contribution in [0.5, 0.6) is 0 Å². The van der Waals surface area contributed by atoms with Crippen LogP contribution in [0, 0.1) is 6.92 Å². The fourth-order valence-electron chi connectivity index (χ4n) is 4.07. The van der Waals surface area contributed by atoms with Crippen LogP contribution < -0.4 is 9.62 Å². The Bertz CT molecular complexity index is 1500. The minimum Gasteiger partial charge on any atom is -0.352 e. The Hall–Kier alpha value is -3.57. The van der Waals surface area contributed by atoms with Gasteiger partial charge in [0.15, 0.2) is 0 Å². The number of alkyl halides is 3. The van der Waals surface area contributed by atoms with Crippen LogP contribution in [0.25, 0.3) is 0 Å². The van der Waals surface area contributed by atoms with Gasteiger partial charge in [0.2, 0.25) is 11.8 Å². The summed E-state index contributed by atoms with van der Waals surface area (Å²) in [5, 5.41) is 2.21. The topological polar surface area (TPSA) is 86.8 Å². The Kier molecular flexibility index (Phi) is 10.7. The fourth-order valence-corrected chi connectivity index (χ4v) is 5.72. The van der Waals surface area contributed by atoms with E-state index in [4.69, 9.17) is 11.6 Å². The van der Waals surface area contributed by atoms with Crippen molar-refractivity contribution in [3.05, 3.63) is 94.5 Å². The third-order valence-corrected chi connectivity index (χ3v) is 8.91. The first-order chi connectivity index (χ1) is 19.6. The predicted octanol–water partition coefficient (Wildman–Crippen LogP) is 6.19. The Morgan fingerprint density at radius 3 is 2.17 bits per heavy atom. The van der Waals surface area contributed by atoms with Gasteiger partial charge in [-0.15, -0.1) is 0 Å².